The molecule has 4 aromatic heterocycles. The van der Waals surface area contributed by atoms with E-state index in [9.17, 15) is 4.79 Å². The summed E-state index contributed by atoms with van der Waals surface area (Å²) in [5.74, 6) is 1.73. The number of nitrogens with zero attached hydrogens (tertiary/aromatic N) is 6. The lowest BCUT2D eigenvalue weighted by Gasteiger charge is -2.19. The molecule has 0 aliphatic rings. The van der Waals surface area contributed by atoms with E-state index in [-0.39, 0.29) is 0 Å². The minimum Gasteiger partial charge on any atom is -0.444 e. The summed E-state index contributed by atoms with van der Waals surface area (Å²) in [6.07, 6.45) is 4.27. The van der Waals surface area contributed by atoms with Crippen LogP contribution in [0.4, 0.5) is 10.6 Å². The van der Waals surface area contributed by atoms with E-state index < -0.39 is 11.7 Å². The summed E-state index contributed by atoms with van der Waals surface area (Å²) >= 11 is 6.48. The maximum atomic E-state index is 12.4. The summed E-state index contributed by atoms with van der Waals surface area (Å²) in [6.45, 7) is 7.38. The maximum absolute atomic E-state index is 12.4. The first-order chi connectivity index (χ1) is 19.2. The topological polar surface area (TPSA) is 123 Å². The molecule has 6 rings (SSSR count). The lowest BCUT2D eigenvalue weighted by molar-refractivity contribution is 0.0635. The molecule has 11 heteroatoms. The third-order valence-electron chi connectivity index (χ3n) is 6.26. The number of hydrogen-bond donors (Lipinski definition) is 2. The second-order valence-electron chi connectivity index (χ2n) is 10.2. The van der Waals surface area contributed by atoms with E-state index in [2.05, 4.69) is 41.1 Å². The van der Waals surface area contributed by atoms with Crippen molar-refractivity contribution < 1.29 is 9.53 Å². The molecule has 0 unspecified atom stereocenters. The Bertz CT molecular complexity index is 1890. The molecular formula is C29H25ClN8O2. The number of carbonyl (C=O) groups excluding carboxylic acids is 1. The number of fused-ring (bicyclic) bond motifs is 2. The van der Waals surface area contributed by atoms with Crippen LogP contribution in [0.2, 0.25) is 5.02 Å². The van der Waals surface area contributed by atoms with Crippen LogP contribution in [-0.4, -0.2) is 46.4 Å². The highest BCUT2D eigenvalue weighted by Gasteiger charge is 2.20. The number of nitrogens with one attached hydrogen (secondary N) is 2. The van der Waals surface area contributed by atoms with Crippen LogP contribution in [0.1, 0.15) is 26.6 Å². The van der Waals surface area contributed by atoms with Gasteiger partial charge in [0.2, 0.25) is 0 Å². The first kappa shape index (κ1) is 25.4. The SMILES string of the molecule is Cc1nc2c(-c3ncn[nH]3)cc(-c3ccnc(NC(=O)OC(C)(C)C)c3)cc2n1-c1ccnc2c(Cl)cccc12. The van der Waals surface area contributed by atoms with E-state index in [1.807, 2.05) is 64.1 Å². The van der Waals surface area contributed by atoms with Gasteiger partial charge in [-0.2, -0.15) is 5.10 Å². The molecule has 0 fully saturated rings. The highest BCUT2D eigenvalue weighted by atomic mass is 35.5. The first-order valence-corrected chi connectivity index (χ1v) is 12.9. The van der Waals surface area contributed by atoms with Gasteiger partial charge < -0.3 is 4.74 Å². The average molecular weight is 553 g/mol. The molecule has 6 aromatic rings. The van der Waals surface area contributed by atoms with Gasteiger partial charge in [-0.15, -0.1) is 0 Å². The van der Waals surface area contributed by atoms with Crippen molar-refractivity contribution in [2.45, 2.75) is 33.3 Å². The third kappa shape index (κ3) is 4.73. The molecule has 0 aliphatic carbocycles. The molecule has 0 spiro atoms. The zero-order valence-corrected chi connectivity index (χ0v) is 23.0. The predicted octanol–water partition coefficient (Wildman–Crippen LogP) is 6.73. The Morgan fingerprint density at radius 1 is 1.00 bits per heavy atom. The van der Waals surface area contributed by atoms with Crippen LogP contribution >= 0.6 is 11.6 Å². The first-order valence-electron chi connectivity index (χ1n) is 12.6. The molecule has 10 nitrogen and oxygen atoms in total. The van der Waals surface area contributed by atoms with Gasteiger partial charge in [-0.1, -0.05) is 23.7 Å². The highest BCUT2D eigenvalue weighted by Crippen LogP contribution is 2.36. The third-order valence-corrected chi connectivity index (χ3v) is 6.57. The van der Waals surface area contributed by atoms with E-state index in [4.69, 9.17) is 21.3 Å². The number of aromatic nitrogens is 7. The molecule has 2 N–H and O–H groups in total. The lowest BCUT2D eigenvalue weighted by Crippen LogP contribution is -2.27. The number of carbonyl (C=O) groups is 1. The summed E-state index contributed by atoms with van der Waals surface area (Å²) in [6, 6.07) is 15.4. The van der Waals surface area contributed by atoms with E-state index in [0.29, 0.717) is 22.2 Å². The molecule has 0 saturated heterocycles. The standard InChI is InChI=1S/C29H25ClN8O2/c1-16-35-26-20(27-33-15-34-37-27)12-18(17-8-10-31-24(14-17)36-28(39)40-29(2,3)4)13-23(26)38(16)22-9-11-32-25-19(22)6-5-7-21(25)30/h5-15H,1-4H3,(H,31,36,39)(H,33,34,37). The van der Waals surface area contributed by atoms with Crippen LogP contribution in [0, 0.1) is 6.92 Å². The Labute approximate surface area is 234 Å². The smallest absolute Gasteiger partial charge is 0.413 e. The van der Waals surface area contributed by atoms with Crippen molar-refractivity contribution in [3.05, 3.63) is 78.1 Å². The molecule has 0 radical (unpaired) electrons. The number of amides is 1. The molecule has 0 atom stereocenters. The minimum absolute atomic E-state index is 0.368. The van der Waals surface area contributed by atoms with Gasteiger partial charge in [0.05, 0.1) is 21.7 Å². The minimum atomic E-state index is -0.629. The molecule has 0 saturated carbocycles. The van der Waals surface area contributed by atoms with Crippen LogP contribution < -0.4 is 5.32 Å². The van der Waals surface area contributed by atoms with Crippen LogP contribution in [-0.2, 0) is 4.74 Å². The molecule has 0 aliphatic heterocycles. The largest absolute Gasteiger partial charge is 0.444 e. The fourth-order valence-electron chi connectivity index (χ4n) is 4.69. The second-order valence-corrected chi connectivity index (χ2v) is 10.6. The van der Waals surface area contributed by atoms with E-state index in [0.717, 1.165) is 44.6 Å². The van der Waals surface area contributed by atoms with E-state index in [1.54, 1.807) is 18.5 Å². The fraction of sp³-hybridized carbons (Fsp3) is 0.172. The van der Waals surface area contributed by atoms with Gasteiger partial charge in [-0.05, 0) is 75.2 Å². The number of para-hydroxylation sites is 1. The normalized spacial score (nSPS) is 11.7. The van der Waals surface area contributed by atoms with Crippen LogP contribution in [0.15, 0.2) is 67.3 Å². The zero-order chi connectivity index (χ0) is 28.0. The van der Waals surface area contributed by atoms with E-state index >= 15 is 0 Å². The number of pyridine rings is 2. The van der Waals surface area contributed by atoms with Gasteiger partial charge in [0, 0.05) is 23.3 Å². The van der Waals surface area contributed by atoms with Gasteiger partial charge in [0.15, 0.2) is 5.82 Å². The lowest BCUT2D eigenvalue weighted by atomic mass is 10.0. The summed E-state index contributed by atoms with van der Waals surface area (Å²) in [5, 5.41) is 11.2. The van der Waals surface area contributed by atoms with Crippen molar-refractivity contribution in [1.82, 2.24) is 34.7 Å². The number of benzene rings is 2. The molecule has 0 bridgehead atoms. The monoisotopic (exact) mass is 552 g/mol. The summed E-state index contributed by atoms with van der Waals surface area (Å²) in [7, 11) is 0. The average Bonchev–Trinajstić information content (AvgIpc) is 3.55. The van der Waals surface area contributed by atoms with Crippen LogP contribution in [0.5, 0.6) is 0 Å². The number of aryl methyl sites for hydroxylation is 1. The van der Waals surface area contributed by atoms with Gasteiger partial charge in [-0.3, -0.25) is 20.0 Å². The number of imidazole rings is 1. The van der Waals surface area contributed by atoms with Crippen molar-refractivity contribution in [3.8, 4) is 28.2 Å². The number of hydrogen-bond acceptors (Lipinski definition) is 7. The van der Waals surface area contributed by atoms with Crippen molar-refractivity contribution in [2.75, 3.05) is 5.32 Å². The van der Waals surface area contributed by atoms with Gasteiger partial charge >= 0.3 is 6.09 Å². The quantitative estimate of drug-likeness (QED) is 0.248. The van der Waals surface area contributed by atoms with Crippen molar-refractivity contribution in [1.29, 1.82) is 0 Å². The predicted molar refractivity (Wildman–Crippen MR) is 155 cm³/mol. The van der Waals surface area contributed by atoms with Crippen molar-refractivity contribution in [2.24, 2.45) is 0 Å². The second kappa shape index (κ2) is 9.73. The van der Waals surface area contributed by atoms with Crippen LogP contribution in [0.25, 0.3) is 50.1 Å². The number of halogens is 1. The summed E-state index contributed by atoms with van der Waals surface area (Å²) in [4.78, 5) is 30.5. The van der Waals surface area contributed by atoms with Crippen molar-refractivity contribution >= 4 is 45.4 Å². The number of anilines is 1. The Morgan fingerprint density at radius 3 is 2.60 bits per heavy atom. The molecule has 2 aromatic carbocycles. The Hall–Kier alpha value is -4.83. The molecule has 1 amide bonds. The molecule has 200 valence electrons. The maximum Gasteiger partial charge on any atom is 0.413 e. The fourth-order valence-corrected chi connectivity index (χ4v) is 4.91. The number of aromatic amines is 1. The van der Waals surface area contributed by atoms with Gasteiger partial charge in [-0.25, -0.2) is 19.7 Å². The zero-order valence-electron chi connectivity index (χ0n) is 22.2. The van der Waals surface area contributed by atoms with E-state index in [1.165, 1.54) is 6.33 Å². The summed E-state index contributed by atoms with van der Waals surface area (Å²) < 4.78 is 7.47. The number of rotatable bonds is 4. The molecule has 40 heavy (non-hydrogen) atoms. The Kier molecular flexibility index (Phi) is 6.19. The Balaban J connectivity index is 1.55. The van der Waals surface area contributed by atoms with Crippen molar-refractivity contribution in [3.63, 3.8) is 0 Å². The van der Waals surface area contributed by atoms with Gasteiger partial charge in [0.25, 0.3) is 0 Å². The van der Waals surface area contributed by atoms with Crippen LogP contribution in [0.3, 0.4) is 0 Å². The number of ether oxygens (including phenoxy) is 1. The number of H-pyrrole nitrogens is 1. The summed E-state index contributed by atoms with van der Waals surface area (Å²) in [5.41, 5.74) is 5.07. The highest BCUT2D eigenvalue weighted by molar-refractivity contribution is 6.35. The molecular weight excluding hydrogens is 528 g/mol. The van der Waals surface area contributed by atoms with Gasteiger partial charge in [0.1, 0.15) is 29.1 Å². The Morgan fingerprint density at radius 2 is 1.82 bits per heavy atom. The molecule has 4 heterocycles.